The molecule has 0 fully saturated rings. The maximum Gasteiger partial charge on any atom is 0.182 e. The number of nitrogens with zero attached hydrogens (tertiary/aromatic N) is 4. The first kappa shape index (κ1) is 8.68. The third-order valence-electron chi connectivity index (χ3n) is 2.09. The van der Waals surface area contributed by atoms with Gasteiger partial charge in [-0.15, -0.1) is 10.2 Å². The van der Waals surface area contributed by atoms with Crippen molar-refractivity contribution in [1.82, 2.24) is 19.7 Å². The number of rotatable bonds is 1. The van der Waals surface area contributed by atoms with Crippen LogP contribution in [0.15, 0.2) is 18.2 Å². The molecule has 2 aromatic heterocycles. The average molecular weight is 189 g/mol. The Hall–Kier alpha value is -1.91. The molecule has 0 amide bonds. The van der Waals surface area contributed by atoms with Crippen molar-refractivity contribution in [1.29, 1.82) is 0 Å². The standard InChI is InChI=1S/C9H11N5/c1-6-12-13-9(14(6)2)7-4-3-5-8(10)11-7/h3-5H,1-2H3,(H2,10,11). The lowest BCUT2D eigenvalue weighted by Gasteiger charge is -2.01. The molecule has 0 aliphatic heterocycles. The topological polar surface area (TPSA) is 69.6 Å². The fourth-order valence-electron chi connectivity index (χ4n) is 1.21. The van der Waals surface area contributed by atoms with Crippen LogP contribution in [0.3, 0.4) is 0 Å². The smallest absolute Gasteiger partial charge is 0.182 e. The summed E-state index contributed by atoms with van der Waals surface area (Å²) in [5, 5.41) is 7.98. The predicted octanol–water partition coefficient (Wildman–Crippen LogP) is 0.768. The van der Waals surface area contributed by atoms with Crippen molar-refractivity contribution < 1.29 is 0 Å². The summed E-state index contributed by atoms with van der Waals surface area (Å²) in [6, 6.07) is 5.45. The van der Waals surface area contributed by atoms with Crippen molar-refractivity contribution in [3.05, 3.63) is 24.0 Å². The minimum atomic E-state index is 0.489. The summed E-state index contributed by atoms with van der Waals surface area (Å²) in [7, 11) is 1.90. The number of nitrogens with two attached hydrogens (primary N) is 1. The highest BCUT2D eigenvalue weighted by Crippen LogP contribution is 2.15. The first-order valence-corrected chi connectivity index (χ1v) is 4.27. The lowest BCUT2D eigenvalue weighted by atomic mass is 10.3. The summed E-state index contributed by atoms with van der Waals surface area (Å²) in [6.07, 6.45) is 0. The quantitative estimate of drug-likeness (QED) is 0.719. The Morgan fingerprint density at radius 2 is 2.07 bits per heavy atom. The third-order valence-corrected chi connectivity index (χ3v) is 2.09. The summed E-state index contributed by atoms with van der Waals surface area (Å²) >= 11 is 0. The van der Waals surface area contributed by atoms with Gasteiger partial charge in [-0.05, 0) is 19.1 Å². The van der Waals surface area contributed by atoms with E-state index in [2.05, 4.69) is 15.2 Å². The molecule has 5 nitrogen and oxygen atoms in total. The lowest BCUT2D eigenvalue weighted by molar-refractivity contribution is 0.862. The number of anilines is 1. The average Bonchev–Trinajstić information content (AvgIpc) is 2.48. The second-order valence-electron chi connectivity index (χ2n) is 3.08. The monoisotopic (exact) mass is 189 g/mol. The molecule has 0 unspecified atom stereocenters. The van der Waals surface area contributed by atoms with Gasteiger partial charge >= 0.3 is 0 Å². The largest absolute Gasteiger partial charge is 0.384 e. The van der Waals surface area contributed by atoms with E-state index in [9.17, 15) is 0 Å². The molecule has 0 radical (unpaired) electrons. The molecule has 0 aliphatic carbocycles. The maximum atomic E-state index is 5.58. The normalized spacial score (nSPS) is 10.4. The number of aromatic nitrogens is 4. The van der Waals surface area contributed by atoms with Crippen LogP contribution >= 0.6 is 0 Å². The van der Waals surface area contributed by atoms with Crippen LogP contribution in [0.25, 0.3) is 11.5 Å². The first-order valence-electron chi connectivity index (χ1n) is 4.27. The molecule has 5 heteroatoms. The van der Waals surface area contributed by atoms with Crippen LogP contribution in [0.1, 0.15) is 5.82 Å². The lowest BCUT2D eigenvalue weighted by Crippen LogP contribution is -1.98. The molecular formula is C9H11N5. The van der Waals surface area contributed by atoms with E-state index in [1.54, 1.807) is 6.07 Å². The van der Waals surface area contributed by atoms with Crippen LogP contribution in [-0.2, 0) is 7.05 Å². The summed E-state index contributed by atoms with van der Waals surface area (Å²) < 4.78 is 1.88. The van der Waals surface area contributed by atoms with Gasteiger partial charge in [-0.25, -0.2) is 4.98 Å². The molecule has 0 atom stereocenters. The highest BCUT2D eigenvalue weighted by molar-refractivity contribution is 5.52. The first-order chi connectivity index (χ1) is 6.68. The molecule has 14 heavy (non-hydrogen) atoms. The number of nitrogen functional groups attached to an aromatic ring is 1. The van der Waals surface area contributed by atoms with Crippen LogP contribution in [0.2, 0.25) is 0 Å². The van der Waals surface area contributed by atoms with E-state index in [0.717, 1.165) is 17.3 Å². The predicted molar refractivity (Wildman–Crippen MR) is 53.4 cm³/mol. The zero-order valence-corrected chi connectivity index (χ0v) is 8.10. The van der Waals surface area contributed by atoms with E-state index in [1.807, 2.05) is 30.7 Å². The van der Waals surface area contributed by atoms with Crippen LogP contribution in [-0.4, -0.2) is 19.7 Å². The highest BCUT2D eigenvalue weighted by Gasteiger charge is 2.08. The van der Waals surface area contributed by atoms with Crippen LogP contribution in [0, 0.1) is 6.92 Å². The Balaban J connectivity index is 2.55. The molecule has 2 aromatic rings. The zero-order chi connectivity index (χ0) is 10.1. The SMILES string of the molecule is Cc1nnc(-c2cccc(N)n2)n1C. The van der Waals surface area contributed by atoms with Crippen LogP contribution in [0.4, 0.5) is 5.82 Å². The summed E-state index contributed by atoms with van der Waals surface area (Å²) in [6.45, 7) is 1.89. The number of hydrogen-bond donors (Lipinski definition) is 1. The van der Waals surface area contributed by atoms with Gasteiger partial charge in [0.1, 0.15) is 17.3 Å². The molecule has 0 spiro atoms. The van der Waals surface area contributed by atoms with E-state index in [4.69, 9.17) is 5.73 Å². The molecule has 0 saturated carbocycles. The molecule has 0 aromatic carbocycles. The minimum Gasteiger partial charge on any atom is -0.384 e. The molecule has 0 saturated heterocycles. The minimum absolute atomic E-state index is 0.489. The van der Waals surface area contributed by atoms with Crippen LogP contribution in [0.5, 0.6) is 0 Å². The number of hydrogen-bond acceptors (Lipinski definition) is 4. The van der Waals surface area contributed by atoms with Gasteiger partial charge in [0, 0.05) is 7.05 Å². The van der Waals surface area contributed by atoms with Gasteiger partial charge in [0.25, 0.3) is 0 Å². The van der Waals surface area contributed by atoms with Gasteiger partial charge in [0.2, 0.25) is 0 Å². The summed E-state index contributed by atoms with van der Waals surface area (Å²) in [5.41, 5.74) is 6.33. The van der Waals surface area contributed by atoms with E-state index in [-0.39, 0.29) is 0 Å². The number of aryl methyl sites for hydroxylation is 1. The molecular weight excluding hydrogens is 178 g/mol. The van der Waals surface area contributed by atoms with Crippen molar-refractivity contribution in [2.75, 3.05) is 5.73 Å². The second kappa shape index (κ2) is 3.10. The maximum absolute atomic E-state index is 5.58. The Kier molecular flexibility index (Phi) is 1.92. The molecule has 2 N–H and O–H groups in total. The van der Waals surface area contributed by atoms with Gasteiger partial charge in [-0.3, -0.25) is 0 Å². The van der Waals surface area contributed by atoms with E-state index >= 15 is 0 Å². The molecule has 0 aliphatic rings. The van der Waals surface area contributed by atoms with E-state index < -0.39 is 0 Å². The van der Waals surface area contributed by atoms with Gasteiger partial charge in [-0.2, -0.15) is 0 Å². The van der Waals surface area contributed by atoms with Gasteiger partial charge in [-0.1, -0.05) is 6.07 Å². The van der Waals surface area contributed by atoms with Gasteiger partial charge in [0.15, 0.2) is 5.82 Å². The molecule has 2 rings (SSSR count). The van der Waals surface area contributed by atoms with Crippen molar-refractivity contribution in [2.45, 2.75) is 6.92 Å². The van der Waals surface area contributed by atoms with Crippen molar-refractivity contribution in [2.24, 2.45) is 7.05 Å². The molecule has 2 heterocycles. The van der Waals surface area contributed by atoms with Crippen molar-refractivity contribution in [3.63, 3.8) is 0 Å². The van der Waals surface area contributed by atoms with E-state index in [1.165, 1.54) is 0 Å². The Labute approximate surface area is 81.6 Å². The Morgan fingerprint density at radius 3 is 2.64 bits per heavy atom. The summed E-state index contributed by atoms with van der Waals surface area (Å²) in [5.74, 6) is 2.07. The van der Waals surface area contributed by atoms with Crippen molar-refractivity contribution in [3.8, 4) is 11.5 Å². The van der Waals surface area contributed by atoms with E-state index in [0.29, 0.717) is 5.82 Å². The number of pyridine rings is 1. The highest BCUT2D eigenvalue weighted by atomic mass is 15.3. The van der Waals surface area contributed by atoms with Crippen molar-refractivity contribution >= 4 is 5.82 Å². The third kappa shape index (κ3) is 1.32. The zero-order valence-electron chi connectivity index (χ0n) is 8.10. The Morgan fingerprint density at radius 1 is 1.29 bits per heavy atom. The van der Waals surface area contributed by atoms with Crippen LogP contribution < -0.4 is 5.73 Å². The molecule has 0 bridgehead atoms. The fraction of sp³-hybridized carbons (Fsp3) is 0.222. The summed E-state index contributed by atoms with van der Waals surface area (Å²) in [4.78, 5) is 4.17. The molecule has 72 valence electrons. The van der Waals surface area contributed by atoms with Gasteiger partial charge < -0.3 is 10.3 Å². The Bertz CT molecular complexity index is 460. The fourth-order valence-corrected chi connectivity index (χ4v) is 1.21. The van der Waals surface area contributed by atoms with Gasteiger partial charge in [0.05, 0.1) is 0 Å². The second-order valence-corrected chi connectivity index (χ2v) is 3.08.